The maximum atomic E-state index is 13.2. The molecule has 3 aromatic heterocycles. The Balaban J connectivity index is 0.000000139. The van der Waals surface area contributed by atoms with Crippen molar-refractivity contribution in [3.63, 3.8) is 0 Å². The second-order valence-electron chi connectivity index (χ2n) is 20.2. The highest BCUT2D eigenvalue weighted by Gasteiger charge is 2.22. The summed E-state index contributed by atoms with van der Waals surface area (Å²) in [6.07, 6.45) is 0. The SMILES string of the molecule is Cc1c(-c2ccccc2)nc2ccccc2c1C(=O)NCc1ccc(F)cc1.Cc1c(-c2ccccc2)nc2ccccc2c1C(=O)NCc1ccccc1.Cc1ccc(CNC(=O)c2c(C)c(-c3ccccc3)nc3ccccc23)cc1. The van der Waals surface area contributed by atoms with Gasteiger partial charge in [0.15, 0.2) is 0 Å². The van der Waals surface area contributed by atoms with E-state index in [0.29, 0.717) is 36.3 Å². The molecule has 0 unspecified atom stereocenters. The number of nitrogens with zero attached hydrogens (tertiary/aromatic N) is 3. The molecule has 0 fully saturated rings. The molecule has 9 nitrogen and oxygen atoms in total. The van der Waals surface area contributed by atoms with Crippen LogP contribution in [0.1, 0.15) is 70.0 Å². The summed E-state index contributed by atoms with van der Waals surface area (Å²) in [5, 5.41) is 11.7. The van der Waals surface area contributed by atoms with Crippen molar-refractivity contribution >= 4 is 50.4 Å². The van der Waals surface area contributed by atoms with Crippen molar-refractivity contribution in [2.24, 2.45) is 0 Å². The number of carbonyl (C=O) groups excluding carboxylic acids is 3. The number of amides is 3. The van der Waals surface area contributed by atoms with Crippen molar-refractivity contribution in [1.82, 2.24) is 30.9 Å². The second kappa shape index (κ2) is 26.2. The molecule has 9 aromatic carbocycles. The third-order valence-corrected chi connectivity index (χ3v) is 14.5. The number of carbonyl (C=O) groups is 3. The van der Waals surface area contributed by atoms with Gasteiger partial charge in [0.25, 0.3) is 17.7 Å². The van der Waals surface area contributed by atoms with Crippen LogP contribution in [0, 0.1) is 33.5 Å². The van der Waals surface area contributed by atoms with E-state index in [1.54, 1.807) is 12.1 Å². The van der Waals surface area contributed by atoms with E-state index in [0.717, 1.165) is 99.9 Å². The molecule has 3 heterocycles. The van der Waals surface area contributed by atoms with Crippen molar-refractivity contribution in [2.75, 3.05) is 0 Å². The summed E-state index contributed by atoms with van der Waals surface area (Å²) in [7, 11) is 0. The Labute approximate surface area is 483 Å². The van der Waals surface area contributed by atoms with Crippen LogP contribution in [0.5, 0.6) is 0 Å². The Hall–Kier alpha value is -10.5. The Kier molecular flexibility index (Phi) is 17.6. The van der Waals surface area contributed by atoms with Gasteiger partial charge in [0.1, 0.15) is 5.82 Å². The summed E-state index contributed by atoms with van der Waals surface area (Å²) in [5.74, 6) is -0.614. The monoisotopic (exact) mass is 1090 g/mol. The van der Waals surface area contributed by atoms with Gasteiger partial charge in [0.2, 0.25) is 0 Å². The van der Waals surface area contributed by atoms with Crippen LogP contribution in [-0.4, -0.2) is 32.7 Å². The molecule has 3 amide bonds. The van der Waals surface area contributed by atoms with E-state index in [9.17, 15) is 18.8 Å². The van der Waals surface area contributed by atoms with E-state index in [-0.39, 0.29) is 23.5 Å². The minimum absolute atomic E-state index is 0.0751. The number of pyridine rings is 3. The van der Waals surface area contributed by atoms with Gasteiger partial charge in [-0.05, 0) is 91.4 Å². The van der Waals surface area contributed by atoms with Crippen LogP contribution in [0.3, 0.4) is 0 Å². The molecule has 0 saturated heterocycles. The average Bonchev–Trinajstić information content (AvgIpc) is 3.71. The van der Waals surface area contributed by atoms with Gasteiger partial charge in [-0.3, -0.25) is 14.4 Å². The van der Waals surface area contributed by atoms with Crippen LogP contribution < -0.4 is 16.0 Å². The van der Waals surface area contributed by atoms with Crippen molar-refractivity contribution in [2.45, 2.75) is 47.3 Å². The highest BCUT2D eigenvalue weighted by molar-refractivity contribution is 6.11. The molecule has 0 saturated carbocycles. The maximum absolute atomic E-state index is 13.2. The first kappa shape index (κ1) is 55.8. The number of hydrogen-bond donors (Lipinski definition) is 3. The molecule has 0 aliphatic rings. The lowest BCUT2D eigenvalue weighted by molar-refractivity contribution is 0.0943. The van der Waals surface area contributed by atoms with E-state index in [1.165, 1.54) is 17.7 Å². The largest absolute Gasteiger partial charge is 0.348 e. The van der Waals surface area contributed by atoms with Gasteiger partial charge in [0.05, 0.1) is 50.3 Å². The Morgan fingerprint density at radius 1 is 0.325 bits per heavy atom. The standard InChI is InChI=1S/C25H22N2O.C24H19FN2O.C24H20N2O/c1-17-12-14-19(15-13-17)16-26-25(28)23-18(2)24(20-8-4-3-5-9-20)27-22-11-7-6-10-21(22)23;1-16-22(24(28)26-15-17-11-13-19(25)14-12-17)20-9-5-6-10-21(20)27-23(16)18-7-3-2-4-8-18;1-17-22(24(27)25-16-18-10-4-2-5-11-18)20-14-8-9-15-21(20)26-23(17)19-12-6-3-7-13-19/h3-15H,16H2,1-2H3,(H,26,28);2-14H,15H2,1H3,(H,26,28);2-15H,16H2,1H3,(H,25,27). The molecule has 3 N–H and O–H groups in total. The number of para-hydroxylation sites is 3. The highest BCUT2D eigenvalue weighted by Crippen LogP contribution is 2.33. The molecular formula is C73H61FN6O3. The fourth-order valence-electron chi connectivity index (χ4n) is 10.1. The van der Waals surface area contributed by atoms with Gasteiger partial charge < -0.3 is 16.0 Å². The summed E-state index contributed by atoms with van der Waals surface area (Å²) in [4.78, 5) is 53.8. The number of benzene rings is 9. The Bertz CT molecular complexity index is 4050. The number of nitrogens with one attached hydrogen (secondary N) is 3. The molecular weight excluding hydrogens is 1030 g/mol. The topological polar surface area (TPSA) is 126 Å². The van der Waals surface area contributed by atoms with E-state index < -0.39 is 0 Å². The summed E-state index contributed by atoms with van der Waals surface area (Å²) in [5.41, 5.74) is 16.7. The molecule has 83 heavy (non-hydrogen) atoms. The predicted molar refractivity (Wildman–Crippen MR) is 333 cm³/mol. The van der Waals surface area contributed by atoms with Gasteiger partial charge in [-0.1, -0.05) is 218 Å². The lowest BCUT2D eigenvalue weighted by atomic mass is 9.97. The Morgan fingerprint density at radius 2 is 0.590 bits per heavy atom. The fraction of sp³-hybridized carbons (Fsp3) is 0.0959. The quantitative estimate of drug-likeness (QED) is 0.112. The van der Waals surface area contributed by atoms with Gasteiger partial charge in [0, 0.05) is 52.5 Å². The van der Waals surface area contributed by atoms with Crippen LogP contribution in [0.15, 0.2) is 243 Å². The van der Waals surface area contributed by atoms with Crippen molar-refractivity contribution in [1.29, 1.82) is 0 Å². The summed E-state index contributed by atoms with van der Waals surface area (Å²) in [6, 6.07) is 77.4. The number of halogens is 1. The van der Waals surface area contributed by atoms with Crippen molar-refractivity contribution < 1.29 is 18.8 Å². The average molecular weight is 1090 g/mol. The molecule has 408 valence electrons. The number of fused-ring (bicyclic) bond motifs is 3. The van der Waals surface area contributed by atoms with Gasteiger partial charge in [-0.25, -0.2) is 19.3 Å². The molecule has 12 rings (SSSR count). The molecule has 0 atom stereocenters. The minimum atomic E-state index is -0.293. The van der Waals surface area contributed by atoms with Crippen LogP contribution in [-0.2, 0) is 19.6 Å². The second-order valence-corrected chi connectivity index (χ2v) is 20.2. The van der Waals surface area contributed by atoms with Gasteiger partial charge in [-0.15, -0.1) is 0 Å². The van der Waals surface area contributed by atoms with Crippen LogP contribution in [0.2, 0.25) is 0 Å². The van der Waals surface area contributed by atoms with E-state index in [1.807, 2.05) is 227 Å². The van der Waals surface area contributed by atoms with Gasteiger partial charge in [-0.2, -0.15) is 0 Å². The third kappa shape index (κ3) is 13.3. The molecule has 0 aliphatic carbocycles. The lowest BCUT2D eigenvalue weighted by Crippen LogP contribution is -2.24. The van der Waals surface area contributed by atoms with E-state index >= 15 is 0 Å². The fourth-order valence-corrected chi connectivity index (χ4v) is 10.1. The number of aryl methyl sites for hydroxylation is 1. The predicted octanol–water partition coefficient (Wildman–Crippen LogP) is 15.9. The number of aromatic nitrogens is 3. The maximum Gasteiger partial charge on any atom is 0.252 e. The Morgan fingerprint density at radius 3 is 0.916 bits per heavy atom. The van der Waals surface area contributed by atoms with E-state index in [2.05, 4.69) is 35.0 Å². The first-order valence-electron chi connectivity index (χ1n) is 27.5. The van der Waals surface area contributed by atoms with Crippen molar-refractivity contribution in [3.05, 3.63) is 304 Å². The smallest absolute Gasteiger partial charge is 0.252 e. The lowest BCUT2D eigenvalue weighted by Gasteiger charge is -2.15. The van der Waals surface area contributed by atoms with Crippen LogP contribution >= 0.6 is 0 Å². The molecule has 0 radical (unpaired) electrons. The molecule has 0 bridgehead atoms. The van der Waals surface area contributed by atoms with Crippen LogP contribution in [0.25, 0.3) is 66.5 Å². The summed E-state index contributed by atoms with van der Waals surface area (Å²) >= 11 is 0. The number of rotatable bonds is 12. The van der Waals surface area contributed by atoms with Crippen molar-refractivity contribution in [3.8, 4) is 33.8 Å². The summed E-state index contributed by atoms with van der Waals surface area (Å²) < 4.78 is 13.1. The minimum Gasteiger partial charge on any atom is -0.348 e. The van der Waals surface area contributed by atoms with Gasteiger partial charge >= 0.3 is 0 Å². The first-order valence-corrected chi connectivity index (χ1v) is 27.5. The van der Waals surface area contributed by atoms with E-state index in [4.69, 9.17) is 15.0 Å². The zero-order valence-corrected chi connectivity index (χ0v) is 46.7. The highest BCUT2D eigenvalue weighted by atomic mass is 19.1. The molecule has 0 spiro atoms. The molecule has 10 heteroatoms. The molecule has 0 aliphatic heterocycles. The van der Waals surface area contributed by atoms with Crippen LogP contribution in [0.4, 0.5) is 4.39 Å². The molecule has 12 aromatic rings. The zero-order valence-electron chi connectivity index (χ0n) is 46.7. The number of hydrogen-bond acceptors (Lipinski definition) is 6. The third-order valence-electron chi connectivity index (χ3n) is 14.5. The summed E-state index contributed by atoms with van der Waals surface area (Å²) in [6.45, 7) is 9.25. The normalized spacial score (nSPS) is 10.8. The first-order chi connectivity index (χ1) is 40.5. The zero-order chi connectivity index (χ0) is 57.7.